The molecule has 0 spiro atoms. The molecule has 0 radical (unpaired) electrons. The summed E-state index contributed by atoms with van der Waals surface area (Å²) in [5.74, 6) is -5.51. The Hall–Kier alpha value is -2.71. The lowest BCUT2D eigenvalue weighted by atomic mass is 10.1. The van der Waals surface area contributed by atoms with Gasteiger partial charge in [0.25, 0.3) is 0 Å². The first-order chi connectivity index (χ1) is 15.8. The number of pyridine rings is 1. The van der Waals surface area contributed by atoms with Crippen LogP contribution in [0.3, 0.4) is 0 Å². The third-order valence-electron chi connectivity index (χ3n) is 4.70. The van der Waals surface area contributed by atoms with E-state index in [1.165, 1.54) is 5.56 Å². The van der Waals surface area contributed by atoms with Gasteiger partial charge < -0.3 is 19.7 Å². The van der Waals surface area contributed by atoms with E-state index in [1.54, 1.807) is 0 Å². The van der Waals surface area contributed by atoms with E-state index in [1.807, 2.05) is 18.5 Å². The van der Waals surface area contributed by atoms with Gasteiger partial charge in [0, 0.05) is 31.5 Å². The summed E-state index contributed by atoms with van der Waals surface area (Å²) in [6, 6.07) is 4.66. The van der Waals surface area contributed by atoms with E-state index in [-0.39, 0.29) is 12.2 Å². The van der Waals surface area contributed by atoms with Crippen molar-refractivity contribution in [2.75, 3.05) is 19.8 Å². The zero-order valence-electron chi connectivity index (χ0n) is 17.8. The minimum absolute atomic E-state index is 0.213. The molecule has 2 aliphatic rings. The predicted molar refractivity (Wildman–Crippen MR) is 105 cm³/mol. The van der Waals surface area contributed by atoms with Crippen molar-refractivity contribution in [3.63, 3.8) is 0 Å². The minimum atomic E-state index is -5.08. The van der Waals surface area contributed by atoms with Crippen molar-refractivity contribution in [2.24, 2.45) is 0 Å². The van der Waals surface area contributed by atoms with Crippen LogP contribution in [0.25, 0.3) is 0 Å². The summed E-state index contributed by atoms with van der Waals surface area (Å²) < 4.78 is 75.3. The van der Waals surface area contributed by atoms with Crippen LogP contribution in [0.4, 0.5) is 26.3 Å². The van der Waals surface area contributed by atoms with Crippen LogP contribution >= 0.6 is 0 Å². The molecule has 1 aliphatic heterocycles. The molecule has 192 valence electrons. The summed E-state index contributed by atoms with van der Waals surface area (Å²) in [6.45, 7) is 7.09. The van der Waals surface area contributed by atoms with Gasteiger partial charge in [0.1, 0.15) is 0 Å². The lowest BCUT2D eigenvalue weighted by Crippen LogP contribution is -2.51. The van der Waals surface area contributed by atoms with Crippen LogP contribution in [-0.4, -0.2) is 82.4 Å². The Labute approximate surface area is 190 Å². The number of carboxylic acid groups (broad SMARTS) is 2. The van der Waals surface area contributed by atoms with E-state index in [2.05, 4.69) is 28.6 Å². The second-order valence-corrected chi connectivity index (χ2v) is 7.07. The molecule has 1 aliphatic carbocycles. The number of halogens is 6. The number of carboxylic acids is 2. The maximum Gasteiger partial charge on any atom is 0.490 e. The number of alkyl halides is 6. The molecule has 8 nitrogen and oxygen atoms in total. The number of hydrogen-bond donors (Lipinski definition) is 2. The lowest BCUT2D eigenvalue weighted by molar-refractivity contribution is -0.193. The largest absolute Gasteiger partial charge is 0.490 e. The van der Waals surface area contributed by atoms with E-state index in [0.29, 0.717) is 12.6 Å². The Balaban J connectivity index is 0.000000343. The number of ether oxygens (including phenoxy) is 2. The molecule has 1 saturated carbocycles. The van der Waals surface area contributed by atoms with Gasteiger partial charge in [-0.1, -0.05) is 6.08 Å². The van der Waals surface area contributed by atoms with Crippen LogP contribution < -0.4 is 0 Å². The minimum Gasteiger partial charge on any atom is -0.475 e. The Bertz CT molecular complexity index is 766. The second-order valence-electron chi connectivity index (χ2n) is 7.07. The smallest absolute Gasteiger partial charge is 0.475 e. The van der Waals surface area contributed by atoms with Crippen molar-refractivity contribution in [2.45, 2.75) is 50.0 Å². The van der Waals surface area contributed by atoms with E-state index in [4.69, 9.17) is 29.3 Å². The highest BCUT2D eigenvalue weighted by atomic mass is 19.4. The van der Waals surface area contributed by atoms with Gasteiger partial charge in [0.15, 0.2) is 0 Å². The normalized spacial score (nSPS) is 22.4. The number of morpholine rings is 1. The first-order valence-electron chi connectivity index (χ1n) is 9.84. The van der Waals surface area contributed by atoms with E-state index in [0.717, 1.165) is 32.5 Å². The average Bonchev–Trinajstić information content (AvgIpc) is 3.16. The van der Waals surface area contributed by atoms with Crippen molar-refractivity contribution >= 4 is 11.9 Å². The van der Waals surface area contributed by atoms with Crippen LogP contribution in [0.15, 0.2) is 37.2 Å². The summed E-state index contributed by atoms with van der Waals surface area (Å²) in [7, 11) is 0. The summed E-state index contributed by atoms with van der Waals surface area (Å²) >= 11 is 0. The van der Waals surface area contributed by atoms with Gasteiger partial charge in [-0.25, -0.2) is 9.59 Å². The lowest BCUT2D eigenvalue weighted by Gasteiger charge is -2.39. The second kappa shape index (κ2) is 13.2. The molecule has 34 heavy (non-hydrogen) atoms. The fourth-order valence-corrected chi connectivity index (χ4v) is 3.28. The number of carbonyl (C=O) groups is 2. The number of hydrogen-bond acceptors (Lipinski definition) is 6. The van der Waals surface area contributed by atoms with Crippen LogP contribution in [0.5, 0.6) is 0 Å². The Morgan fingerprint density at radius 3 is 2.12 bits per heavy atom. The maximum atomic E-state index is 10.6. The molecule has 0 amide bonds. The molecular formula is C20H24F6N2O6. The molecule has 1 aromatic rings. The van der Waals surface area contributed by atoms with Crippen LogP contribution in [-0.2, 0) is 25.6 Å². The fourth-order valence-electron chi connectivity index (χ4n) is 3.28. The molecule has 2 N–H and O–H groups in total. The Morgan fingerprint density at radius 2 is 1.65 bits per heavy atom. The fraction of sp³-hybridized carbons (Fsp3) is 0.550. The molecule has 1 saturated heterocycles. The van der Waals surface area contributed by atoms with Crippen molar-refractivity contribution in [3.05, 3.63) is 42.7 Å². The predicted octanol–water partition coefficient (Wildman–Crippen LogP) is 3.28. The van der Waals surface area contributed by atoms with Gasteiger partial charge >= 0.3 is 24.3 Å². The monoisotopic (exact) mass is 502 g/mol. The van der Waals surface area contributed by atoms with Gasteiger partial charge in [0.05, 0.1) is 25.4 Å². The summed E-state index contributed by atoms with van der Waals surface area (Å²) in [5.41, 5.74) is 1.32. The first kappa shape index (κ1) is 29.3. The Kier molecular flexibility index (Phi) is 11.4. The SMILES string of the molecule is C=CCO[C@@H]1CC[C@H]2[C@H]1OCCN2Cc1ccncc1.O=C(O)C(F)(F)F.O=C(O)C(F)(F)F. The van der Waals surface area contributed by atoms with E-state index < -0.39 is 24.3 Å². The van der Waals surface area contributed by atoms with Gasteiger partial charge in [-0.05, 0) is 30.5 Å². The molecule has 0 aromatic carbocycles. The molecule has 0 bridgehead atoms. The third-order valence-corrected chi connectivity index (χ3v) is 4.70. The number of rotatable bonds is 5. The third kappa shape index (κ3) is 10.1. The van der Waals surface area contributed by atoms with Gasteiger partial charge in [-0.3, -0.25) is 9.88 Å². The number of fused-ring (bicyclic) bond motifs is 1. The zero-order chi connectivity index (χ0) is 25.9. The maximum absolute atomic E-state index is 10.6. The standard InChI is InChI=1S/C16H22N2O2.2C2HF3O2/c1-2-10-19-15-4-3-14-16(15)20-11-9-18(14)12-13-5-7-17-8-6-13;2*3-2(4,5)1(6)7/h2,5-8,14-16H,1,3-4,9-12H2;2*(H,6,7)/t14-,15+,16+;;/m0../s1. The number of aromatic nitrogens is 1. The average molecular weight is 502 g/mol. The van der Waals surface area contributed by atoms with Crippen LogP contribution in [0.1, 0.15) is 18.4 Å². The van der Waals surface area contributed by atoms with E-state index >= 15 is 0 Å². The topological polar surface area (TPSA) is 109 Å². The molecule has 14 heteroatoms. The van der Waals surface area contributed by atoms with Gasteiger partial charge in [0.2, 0.25) is 0 Å². The number of nitrogens with zero attached hydrogens (tertiary/aromatic N) is 2. The summed E-state index contributed by atoms with van der Waals surface area (Å²) in [5, 5.41) is 14.2. The van der Waals surface area contributed by atoms with Crippen LogP contribution in [0, 0.1) is 0 Å². The number of aliphatic carboxylic acids is 2. The highest BCUT2D eigenvalue weighted by Gasteiger charge is 2.43. The molecule has 2 heterocycles. The molecule has 1 aromatic heterocycles. The molecule has 0 unspecified atom stereocenters. The zero-order valence-corrected chi connectivity index (χ0v) is 17.8. The van der Waals surface area contributed by atoms with Crippen molar-refractivity contribution < 1.29 is 55.6 Å². The van der Waals surface area contributed by atoms with E-state index in [9.17, 15) is 26.3 Å². The molecule has 2 fully saturated rings. The first-order valence-corrected chi connectivity index (χ1v) is 9.84. The van der Waals surface area contributed by atoms with Crippen molar-refractivity contribution in [1.82, 2.24) is 9.88 Å². The molecule has 3 atom stereocenters. The molecular weight excluding hydrogens is 478 g/mol. The van der Waals surface area contributed by atoms with Crippen molar-refractivity contribution in [3.8, 4) is 0 Å². The van der Waals surface area contributed by atoms with Crippen LogP contribution in [0.2, 0.25) is 0 Å². The highest BCUT2D eigenvalue weighted by Crippen LogP contribution is 2.32. The highest BCUT2D eigenvalue weighted by molar-refractivity contribution is 5.73. The quantitative estimate of drug-likeness (QED) is 0.467. The Morgan fingerprint density at radius 1 is 1.12 bits per heavy atom. The van der Waals surface area contributed by atoms with Gasteiger partial charge in [-0.15, -0.1) is 6.58 Å². The summed E-state index contributed by atoms with van der Waals surface area (Å²) in [4.78, 5) is 24.4. The van der Waals surface area contributed by atoms with Gasteiger partial charge in [-0.2, -0.15) is 26.3 Å². The molecule has 3 rings (SSSR count). The van der Waals surface area contributed by atoms with Crippen molar-refractivity contribution in [1.29, 1.82) is 0 Å². The summed E-state index contributed by atoms with van der Waals surface area (Å²) in [6.07, 6.45) is -1.97.